The Morgan fingerprint density at radius 2 is 1.82 bits per heavy atom. The fourth-order valence-electron chi connectivity index (χ4n) is 3.20. The number of hydrogen-bond donors (Lipinski definition) is 0. The lowest BCUT2D eigenvalue weighted by Gasteiger charge is -2.28. The Kier molecular flexibility index (Phi) is 5.76. The van der Waals surface area contributed by atoms with E-state index in [2.05, 4.69) is 4.90 Å². The number of likely N-dealkylation sites (tertiary alicyclic amines) is 1. The van der Waals surface area contributed by atoms with E-state index in [0.717, 1.165) is 38.1 Å². The first kappa shape index (κ1) is 20.0. The van der Waals surface area contributed by atoms with E-state index in [1.54, 1.807) is 6.07 Å². The van der Waals surface area contributed by atoms with Crippen molar-refractivity contribution in [3.63, 3.8) is 0 Å². The maximum Gasteiger partial charge on any atom is 0.346 e. The number of hydrogen-bond acceptors (Lipinski definition) is 7. The van der Waals surface area contributed by atoms with Crippen LogP contribution >= 0.6 is 0 Å². The molecule has 0 spiro atoms. The standard InChI is InChI=1S/C19H20N2O6S/c1-20-11-9-14(10-12-20)19(22)15-5-4-6-16(13-15)27-28(25,26)18-8-3-2-7-17(18)21(23)24/h2-8,13-14H,9-12H2,1H3. The zero-order valence-corrected chi connectivity index (χ0v) is 16.1. The van der Waals surface area contributed by atoms with Gasteiger partial charge in [-0.05, 0) is 51.2 Å². The molecule has 2 aromatic carbocycles. The SMILES string of the molecule is CN1CCC(C(=O)c2cccc(OS(=O)(=O)c3ccccc3[N+](=O)[O-])c2)CC1. The van der Waals surface area contributed by atoms with Gasteiger partial charge in [0.25, 0.3) is 5.69 Å². The van der Waals surface area contributed by atoms with Gasteiger partial charge in [0.05, 0.1) is 4.92 Å². The van der Waals surface area contributed by atoms with Gasteiger partial charge in [0.2, 0.25) is 0 Å². The van der Waals surface area contributed by atoms with Crippen LogP contribution in [0.4, 0.5) is 5.69 Å². The minimum absolute atomic E-state index is 0.0540. The van der Waals surface area contributed by atoms with Gasteiger partial charge >= 0.3 is 10.1 Å². The number of ketones is 1. The highest BCUT2D eigenvalue weighted by Gasteiger charge is 2.28. The summed E-state index contributed by atoms with van der Waals surface area (Å²) < 4.78 is 30.1. The van der Waals surface area contributed by atoms with E-state index >= 15 is 0 Å². The van der Waals surface area contributed by atoms with Crippen LogP contribution in [0.3, 0.4) is 0 Å². The molecule has 28 heavy (non-hydrogen) atoms. The zero-order chi connectivity index (χ0) is 20.3. The summed E-state index contributed by atoms with van der Waals surface area (Å²) in [5.41, 5.74) is -0.203. The molecule has 0 amide bonds. The van der Waals surface area contributed by atoms with E-state index in [4.69, 9.17) is 4.18 Å². The average molecular weight is 404 g/mol. The summed E-state index contributed by atoms with van der Waals surface area (Å²) in [5, 5.41) is 11.1. The third-order valence-electron chi connectivity index (χ3n) is 4.75. The second kappa shape index (κ2) is 8.07. The third kappa shape index (κ3) is 4.37. The molecular weight excluding hydrogens is 384 g/mol. The van der Waals surface area contributed by atoms with E-state index in [1.165, 1.54) is 30.3 Å². The molecule has 0 unspecified atom stereocenters. The minimum atomic E-state index is -4.42. The van der Waals surface area contributed by atoms with E-state index in [9.17, 15) is 23.3 Å². The van der Waals surface area contributed by atoms with Crippen LogP contribution in [0.1, 0.15) is 23.2 Å². The normalized spacial score (nSPS) is 15.9. The van der Waals surface area contributed by atoms with Gasteiger partial charge < -0.3 is 9.08 Å². The van der Waals surface area contributed by atoms with E-state index in [-0.39, 0.29) is 17.5 Å². The molecule has 0 radical (unpaired) electrons. The summed E-state index contributed by atoms with van der Waals surface area (Å²) in [6.07, 6.45) is 1.49. The number of para-hydroxylation sites is 1. The molecule has 0 aliphatic carbocycles. The molecule has 1 aliphatic heterocycles. The van der Waals surface area contributed by atoms with Crippen molar-refractivity contribution in [2.24, 2.45) is 5.92 Å². The predicted octanol–water partition coefficient (Wildman–Crippen LogP) is 2.89. The second-order valence-corrected chi connectivity index (χ2v) is 8.25. The summed E-state index contributed by atoms with van der Waals surface area (Å²) >= 11 is 0. The molecule has 1 saturated heterocycles. The largest absolute Gasteiger partial charge is 0.379 e. The molecule has 9 heteroatoms. The highest BCUT2D eigenvalue weighted by atomic mass is 32.2. The number of rotatable bonds is 6. The van der Waals surface area contributed by atoms with Crippen LogP contribution in [0.2, 0.25) is 0 Å². The smallest absolute Gasteiger partial charge is 0.346 e. The molecule has 0 N–H and O–H groups in total. The molecule has 0 aromatic heterocycles. The van der Waals surface area contributed by atoms with Gasteiger partial charge in [0.15, 0.2) is 10.7 Å². The minimum Gasteiger partial charge on any atom is -0.379 e. The fourth-order valence-corrected chi connectivity index (χ4v) is 4.29. The van der Waals surface area contributed by atoms with Gasteiger partial charge in [0.1, 0.15) is 5.75 Å². The lowest BCUT2D eigenvalue weighted by atomic mass is 9.89. The lowest BCUT2D eigenvalue weighted by molar-refractivity contribution is -0.387. The number of carbonyl (C=O) groups excluding carboxylic acids is 1. The van der Waals surface area contributed by atoms with Gasteiger partial charge in [-0.3, -0.25) is 14.9 Å². The number of carbonyl (C=O) groups is 1. The summed E-state index contributed by atoms with van der Waals surface area (Å²) in [6, 6.07) is 10.9. The Labute approximate surface area is 163 Å². The average Bonchev–Trinajstić information content (AvgIpc) is 2.68. The van der Waals surface area contributed by atoms with Crippen LogP contribution in [0.5, 0.6) is 5.75 Å². The maximum atomic E-state index is 12.7. The Morgan fingerprint density at radius 3 is 2.50 bits per heavy atom. The van der Waals surface area contributed by atoms with Crippen molar-refractivity contribution in [2.45, 2.75) is 17.7 Å². The van der Waals surface area contributed by atoms with Crippen molar-refractivity contribution in [3.05, 3.63) is 64.2 Å². The van der Waals surface area contributed by atoms with Crippen LogP contribution in [-0.4, -0.2) is 44.2 Å². The highest BCUT2D eigenvalue weighted by molar-refractivity contribution is 7.87. The zero-order valence-electron chi connectivity index (χ0n) is 15.3. The van der Waals surface area contributed by atoms with Crippen molar-refractivity contribution in [2.75, 3.05) is 20.1 Å². The molecule has 2 aromatic rings. The van der Waals surface area contributed by atoms with Crippen LogP contribution in [-0.2, 0) is 10.1 Å². The van der Waals surface area contributed by atoms with E-state index in [1.807, 2.05) is 7.05 Å². The Balaban J connectivity index is 1.83. The number of nitro groups is 1. The molecule has 1 aliphatic rings. The maximum absolute atomic E-state index is 12.7. The van der Waals surface area contributed by atoms with Gasteiger partial charge in [0, 0.05) is 17.5 Å². The molecular formula is C19H20N2O6S. The predicted molar refractivity (Wildman–Crippen MR) is 102 cm³/mol. The Morgan fingerprint density at radius 1 is 1.14 bits per heavy atom. The molecule has 1 heterocycles. The van der Waals surface area contributed by atoms with Crippen LogP contribution in [0.25, 0.3) is 0 Å². The highest BCUT2D eigenvalue weighted by Crippen LogP contribution is 2.28. The molecule has 1 fully saturated rings. The number of nitrogens with zero attached hydrogens (tertiary/aromatic N) is 2. The van der Waals surface area contributed by atoms with Crippen molar-refractivity contribution < 1.29 is 22.3 Å². The lowest BCUT2D eigenvalue weighted by Crippen LogP contribution is -2.33. The number of piperidine rings is 1. The topological polar surface area (TPSA) is 107 Å². The monoisotopic (exact) mass is 404 g/mol. The molecule has 0 saturated carbocycles. The van der Waals surface area contributed by atoms with Gasteiger partial charge in [-0.2, -0.15) is 8.42 Å². The summed E-state index contributed by atoms with van der Waals surface area (Å²) in [6.45, 7) is 1.66. The summed E-state index contributed by atoms with van der Waals surface area (Å²) in [7, 11) is -2.42. The van der Waals surface area contributed by atoms with Crippen molar-refractivity contribution in [1.29, 1.82) is 0 Å². The second-order valence-electron chi connectivity index (χ2n) is 6.73. The van der Waals surface area contributed by atoms with Crippen molar-refractivity contribution >= 4 is 21.6 Å². The first-order valence-corrected chi connectivity index (χ1v) is 10.2. The third-order valence-corrected chi connectivity index (χ3v) is 6.04. The van der Waals surface area contributed by atoms with Crippen molar-refractivity contribution in [1.82, 2.24) is 4.90 Å². The molecule has 0 bridgehead atoms. The van der Waals surface area contributed by atoms with Crippen LogP contribution < -0.4 is 4.18 Å². The first-order chi connectivity index (χ1) is 13.3. The Bertz CT molecular complexity index is 997. The Hall–Kier alpha value is -2.78. The molecule has 148 valence electrons. The van der Waals surface area contributed by atoms with Gasteiger partial charge in [-0.25, -0.2) is 0 Å². The van der Waals surface area contributed by atoms with E-state index in [0.29, 0.717) is 5.56 Å². The quantitative estimate of drug-likeness (QED) is 0.315. The van der Waals surface area contributed by atoms with Crippen LogP contribution in [0, 0.1) is 16.0 Å². The van der Waals surface area contributed by atoms with E-state index < -0.39 is 25.6 Å². The molecule has 3 rings (SSSR count). The fraction of sp³-hybridized carbons (Fsp3) is 0.316. The van der Waals surface area contributed by atoms with Gasteiger partial charge in [-0.15, -0.1) is 0 Å². The number of nitro benzene ring substituents is 1. The van der Waals surface area contributed by atoms with Gasteiger partial charge in [-0.1, -0.05) is 24.3 Å². The summed E-state index contributed by atoms with van der Waals surface area (Å²) in [5.74, 6) is -0.225. The van der Waals surface area contributed by atoms with Crippen molar-refractivity contribution in [3.8, 4) is 5.75 Å². The number of Topliss-reactive ketones (excluding diaryl/α,β-unsaturated/α-hetero) is 1. The first-order valence-electron chi connectivity index (χ1n) is 8.78. The molecule has 8 nitrogen and oxygen atoms in total. The van der Waals surface area contributed by atoms with Crippen LogP contribution in [0.15, 0.2) is 53.4 Å². The summed E-state index contributed by atoms with van der Waals surface area (Å²) in [4.78, 5) is 24.7. The number of benzene rings is 2. The molecule has 0 atom stereocenters.